The first-order valence-corrected chi connectivity index (χ1v) is 4.64. The molecule has 0 fully saturated rings. The summed E-state index contributed by atoms with van der Waals surface area (Å²) in [7, 11) is 0. The summed E-state index contributed by atoms with van der Waals surface area (Å²) >= 11 is 5.92. The summed E-state index contributed by atoms with van der Waals surface area (Å²) in [6.07, 6.45) is 0. The Morgan fingerprint density at radius 1 is 1.44 bits per heavy atom. The van der Waals surface area contributed by atoms with Crippen molar-refractivity contribution in [3.8, 4) is 11.5 Å². The smallest absolute Gasteiger partial charge is 0.290 e. The van der Waals surface area contributed by atoms with Crippen LogP contribution in [-0.2, 0) is 0 Å². The summed E-state index contributed by atoms with van der Waals surface area (Å²) in [6, 6.07) is 4.80. The summed E-state index contributed by atoms with van der Waals surface area (Å²) in [5.74, 6) is -0.866. The van der Waals surface area contributed by atoms with Crippen molar-refractivity contribution in [2.24, 2.45) is 5.73 Å². The van der Waals surface area contributed by atoms with Crippen LogP contribution in [0.15, 0.2) is 22.7 Å². The standard InChI is InChI=1S/C9H7ClN4O2/c10-6-2-1-4(11)3-5(6)9-13-8(7(12)15)14-16-9/h1-3H,11H2,(H2,12,15). The minimum atomic E-state index is -0.768. The lowest BCUT2D eigenvalue weighted by Gasteiger charge is -1.99. The summed E-state index contributed by atoms with van der Waals surface area (Å²) in [5.41, 5.74) is 11.5. The summed E-state index contributed by atoms with van der Waals surface area (Å²) in [6.45, 7) is 0. The molecule has 0 spiro atoms. The van der Waals surface area contributed by atoms with Gasteiger partial charge in [0.15, 0.2) is 0 Å². The lowest BCUT2D eigenvalue weighted by Crippen LogP contribution is -2.12. The topological polar surface area (TPSA) is 108 Å². The SMILES string of the molecule is NC(=O)c1noc(-c2cc(N)ccc2Cl)n1. The molecule has 16 heavy (non-hydrogen) atoms. The van der Waals surface area contributed by atoms with E-state index in [0.717, 1.165) is 0 Å². The van der Waals surface area contributed by atoms with Gasteiger partial charge in [0.1, 0.15) is 0 Å². The van der Waals surface area contributed by atoms with Crippen LogP contribution in [0.1, 0.15) is 10.6 Å². The lowest BCUT2D eigenvalue weighted by atomic mass is 10.2. The monoisotopic (exact) mass is 238 g/mol. The van der Waals surface area contributed by atoms with Crippen molar-refractivity contribution in [2.45, 2.75) is 0 Å². The molecule has 6 nitrogen and oxygen atoms in total. The fourth-order valence-corrected chi connectivity index (χ4v) is 1.34. The maximum Gasteiger partial charge on any atom is 0.290 e. The molecule has 0 aliphatic carbocycles. The van der Waals surface area contributed by atoms with Gasteiger partial charge in [-0.1, -0.05) is 16.8 Å². The highest BCUT2D eigenvalue weighted by Gasteiger charge is 2.15. The van der Waals surface area contributed by atoms with Gasteiger partial charge in [0.2, 0.25) is 0 Å². The Kier molecular flexibility index (Phi) is 2.49. The van der Waals surface area contributed by atoms with Gasteiger partial charge in [0, 0.05) is 5.69 Å². The normalized spacial score (nSPS) is 10.3. The van der Waals surface area contributed by atoms with Crippen LogP contribution in [-0.4, -0.2) is 16.0 Å². The maximum absolute atomic E-state index is 10.8. The van der Waals surface area contributed by atoms with Gasteiger partial charge in [0.25, 0.3) is 17.6 Å². The molecule has 0 radical (unpaired) electrons. The zero-order chi connectivity index (χ0) is 11.7. The third kappa shape index (κ3) is 1.82. The van der Waals surface area contributed by atoms with Crippen LogP contribution >= 0.6 is 11.6 Å². The second-order valence-electron chi connectivity index (χ2n) is 3.03. The third-order valence-corrected chi connectivity index (χ3v) is 2.20. The summed E-state index contributed by atoms with van der Waals surface area (Å²) in [5, 5.41) is 3.80. The zero-order valence-corrected chi connectivity index (χ0v) is 8.73. The number of benzene rings is 1. The van der Waals surface area contributed by atoms with Crippen molar-refractivity contribution in [3.05, 3.63) is 29.0 Å². The van der Waals surface area contributed by atoms with Gasteiger partial charge in [-0.3, -0.25) is 4.79 Å². The second kappa shape index (κ2) is 3.82. The first-order chi connectivity index (χ1) is 7.58. The number of rotatable bonds is 2. The molecule has 7 heteroatoms. The molecule has 4 N–H and O–H groups in total. The number of hydrogen-bond donors (Lipinski definition) is 2. The molecule has 82 valence electrons. The Bertz CT molecular complexity index is 552. The molecule has 0 unspecified atom stereocenters. The molecule has 1 amide bonds. The van der Waals surface area contributed by atoms with Gasteiger partial charge in [0.05, 0.1) is 10.6 Å². The number of carbonyl (C=O) groups excluding carboxylic acids is 1. The van der Waals surface area contributed by atoms with Gasteiger partial charge in [-0.15, -0.1) is 0 Å². The number of aromatic nitrogens is 2. The number of anilines is 1. The van der Waals surface area contributed by atoms with E-state index in [2.05, 4.69) is 10.1 Å². The van der Waals surface area contributed by atoms with Gasteiger partial charge >= 0.3 is 0 Å². The van der Waals surface area contributed by atoms with Crippen LogP contribution < -0.4 is 11.5 Å². The van der Waals surface area contributed by atoms with Crippen LogP contribution in [0.25, 0.3) is 11.5 Å². The fraction of sp³-hybridized carbons (Fsp3) is 0. The average molecular weight is 239 g/mol. The Morgan fingerprint density at radius 2 is 2.19 bits per heavy atom. The third-order valence-electron chi connectivity index (χ3n) is 1.87. The molecule has 0 aliphatic heterocycles. The van der Waals surface area contributed by atoms with E-state index < -0.39 is 5.91 Å². The molecule has 1 aromatic heterocycles. The van der Waals surface area contributed by atoms with Gasteiger partial charge < -0.3 is 16.0 Å². The van der Waals surface area contributed by atoms with Crippen LogP contribution in [0, 0.1) is 0 Å². The molecular formula is C9H7ClN4O2. The molecule has 1 heterocycles. The van der Waals surface area contributed by atoms with E-state index in [1.807, 2.05) is 0 Å². The van der Waals surface area contributed by atoms with E-state index in [1.165, 1.54) is 0 Å². The predicted molar refractivity (Wildman–Crippen MR) is 57.7 cm³/mol. The minimum Gasteiger partial charge on any atom is -0.399 e. The van der Waals surface area contributed by atoms with Crippen molar-refractivity contribution in [2.75, 3.05) is 5.73 Å². The molecule has 0 bridgehead atoms. The van der Waals surface area contributed by atoms with Crippen molar-refractivity contribution in [3.63, 3.8) is 0 Å². The lowest BCUT2D eigenvalue weighted by molar-refractivity contribution is 0.0987. The number of carbonyl (C=O) groups is 1. The van der Waals surface area contributed by atoms with Gasteiger partial charge in [-0.05, 0) is 18.2 Å². The van der Waals surface area contributed by atoms with E-state index in [9.17, 15) is 4.79 Å². The number of halogens is 1. The zero-order valence-electron chi connectivity index (χ0n) is 7.98. The van der Waals surface area contributed by atoms with Crippen molar-refractivity contribution in [1.29, 1.82) is 0 Å². The number of nitrogens with zero attached hydrogens (tertiary/aromatic N) is 2. The molecular weight excluding hydrogens is 232 g/mol. The largest absolute Gasteiger partial charge is 0.399 e. The van der Waals surface area contributed by atoms with Gasteiger partial charge in [-0.25, -0.2) is 0 Å². The highest BCUT2D eigenvalue weighted by atomic mass is 35.5. The highest BCUT2D eigenvalue weighted by molar-refractivity contribution is 6.33. The van der Waals surface area contributed by atoms with E-state index in [1.54, 1.807) is 18.2 Å². The van der Waals surface area contributed by atoms with E-state index >= 15 is 0 Å². The number of amides is 1. The molecule has 2 aromatic rings. The van der Waals surface area contributed by atoms with E-state index in [-0.39, 0.29) is 11.7 Å². The fourth-order valence-electron chi connectivity index (χ4n) is 1.14. The maximum atomic E-state index is 10.8. The van der Waals surface area contributed by atoms with Crippen LogP contribution in [0.5, 0.6) is 0 Å². The van der Waals surface area contributed by atoms with Crippen LogP contribution in [0.3, 0.4) is 0 Å². The predicted octanol–water partition coefficient (Wildman–Crippen LogP) is 1.07. The summed E-state index contributed by atoms with van der Waals surface area (Å²) in [4.78, 5) is 14.6. The summed E-state index contributed by atoms with van der Waals surface area (Å²) < 4.78 is 4.85. The molecule has 0 saturated carbocycles. The average Bonchev–Trinajstić information content (AvgIpc) is 2.70. The Balaban J connectivity index is 2.50. The number of nitrogen functional groups attached to an aromatic ring is 1. The number of primary amides is 1. The number of nitrogens with two attached hydrogens (primary N) is 2. The molecule has 1 aromatic carbocycles. The second-order valence-corrected chi connectivity index (χ2v) is 3.43. The Morgan fingerprint density at radius 3 is 2.81 bits per heavy atom. The molecule has 2 rings (SSSR count). The van der Waals surface area contributed by atoms with Gasteiger partial charge in [-0.2, -0.15) is 4.98 Å². The van der Waals surface area contributed by atoms with E-state index in [4.69, 9.17) is 27.6 Å². The van der Waals surface area contributed by atoms with E-state index in [0.29, 0.717) is 16.3 Å². The van der Waals surface area contributed by atoms with Crippen molar-refractivity contribution < 1.29 is 9.32 Å². The number of hydrogen-bond acceptors (Lipinski definition) is 5. The van der Waals surface area contributed by atoms with Crippen molar-refractivity contribution >= 4 is 23.2 Å². The molecule has 0 saturated heterocycles. The molecule has 0 atom stereocenters. The first-order valence-electron chi connectivity index (χ1n) is 4.27. The Hall–Kier alpha value is -2.08. The van der Waals surface area contributed by atoms with Crippen LogP contribution in [0.2, 0.25) is 5.02 Å². The highest BCUT2D eigenvalue weighted by Crippen LogP contribution is 2.28. The van der Waals surface area contributed by atoms with Crippen LogP contribution in [0.4, 0.5) is 5.69 Å². The quantitative estimate of drug-likeness (QED) is 0.761. The van der Waals surface area contributed by atoms with Crippen molar-refractivity contribution in [1.82, 2.24) is 10.1 Å². The minimum absolute atomic E-state index is 0.103. The Labute approximate surface area is 95.2 Å². The first kappa shape index (κ1) is 10.4. The molecule has 0 aliphatic rings.